The second-order valence-electron chi connectivity index (χ2n) is 7.60. The first-order chi connectivity index (χ1) is 12.5. The Morgan fingerprint density at radius 2 is 1.96 bits per heavy atom. The van der Waals surface area contributed by atoms with Crippen LogP contribution in [0.3, 0.4) is 0 Å². The number of thiophene rings is 1. The average molecular weight is 510 g/mol. The van der Waals surface area contributed by atoms with E-state index >= 15 is 0 Å². The van der Waals surface area contributed by atoms with E-state index in [1.807, 2.05) is 7.05 Å². The van der Waals surface area contributed by atoms with Crippen LogP contribution in [0.2, 0.25) is 0 Å². The molecule has 1 aliphatic heterocycles. The molecule has 0 aromatic carbocycles. The highest BCUT2D eigenvalue weighted by Gasteiger charge is 2.26. The molecule has 1 saturated heterocycles. The van der Waals surface area contributed by atoms with E-state index in [9.17, 15) is 0 Å². The highest BCUT2D eigenvalue weighted by molar-refractivity contribution is 14.0. The smallest absolute Gasteiger partial charge is 0.191 e. The third-order valence-corrected chi connectivity index (χ3v) is 5.72. The Bertz CT molecular complexity index is 542. The summed E-state index contributed by atoms with van der Waals surface area (Å²) in [6.45, 7) is 11.6. The van der Waals surface area contributed by atoms with E-state index in [4.69, 9.17) is 9.47 Å². The lowest BCUT2D eigenvalue weighted by Gasteiger charge is -2.34. The monoisotopic (exact) mass is 510 g/mol. The summed E-state index contributed by atoms with van der Waals surface area (Å²) >= 11 is 1.81. The van der Waals surface area contributed by atoms with Gasteiger partial charge in [0.25, 0.3) is 0 Å². The van der Waals surface area contributed by atoms with Crippen molar-refractivity contribution in [3.63, 3.8) is 0 Å². The minimum atomic E-state index is 0. The second-order valence-corrected chi connectivity index (χ2v) is 8.58. The van der Waals surface area contributed by atoms with Gasteiger partial charge >= 0.3 is 0 Å². The van der Waals surface area contributed by atoms with Gasteiger partial charge in [0.2, 0.25) is 0 Å². The van der Waals surface area contributed by atoms with Crippen LogP contribution in [0.5, 0.6) is 0 Å². The minimum Gasteiger partial charge on any atom is -0.379 e. The molecular formula is C19H35IN4O2S. The molecule has 0 spiro atoms. The van der Waals surface area contributed by atoms with Crippen LogP contribution in [0, 0.1) is 5.41 Å². The van der Waals surface area contributed by atoms with Crippen LogP contribution in [-0.2, 0) is 9.47 Å². The van der Waals surface area contributed by atoms with Crippen molar-refractivity contribution in [2.24, 2.45) is 10.4 Å². The molecule has 2 heterocycles. The lowest BCUT2D eigenvalue weighted by atomic mass is 9.89. The number of hydrogen-bond acceptors (Lipinski definition) is 5. The van der Waals surface area contributed by atoms with Crippen molar-refractivity contribution in [3.8, 4) is 0 Å². The second kappa shape index (κ2) is 12.2. The van der Waals surface area contributed by atoms with Gasteiger partial charge in [-0.1, -0.05) is 26.8 Å². The summed E-state index contributed by atoms with van der Waals surface area (Å²) < 4.78 is 11.1. The number of methoxy groups -OCH3 is 1. The molecule has 0 bridgehead atoms. The van der Waals surface area contributed by atoms with E-state index < -0.39 is 0 Å². The molecule has 27 heavy (non-hydrogen) atoms. The summed E-state index contributed by atoms with van der Waals surface area (Å²) in [4.78, 5) is 8.24. The van der Waals surface area contributed by atoms with Crippen molar-refractivity contribution in [1.29, 1.82) is 0 Å². The van der Waals surface area contributed by atoms with Crippen molar-refractivity contribution in [1.82, 2.24) is 15.5 Å². The van der Waals surface area contributed by atoms with Crippen molar-refractivity contribution in [2.45, 2.75) is 32.9 Å². The zero-order valence-corrected chi connectivity index (χ0v) is 20.3. The van der Waals surface area contributed by atoms with Crippen LogP contribution in [0.4, 0.5) is 0 Å². The van der Waals surface area contributed by atoms with E-state index in [2.05, 4.69) is 58.8 Å². The summed E-state index contributed by atoms with van der Waals surface area (Å²) in [7, 11) is 3.57. The highest BCUT2D eigenvalue weighted by Crippen LogP contribution is 2.25. The van der Waals surface area contributed by atoms with E-state index in [0.717, 1.165) is 45.4 Å². The molecule has 156 valence electrons. The Balaban J connectivity index is 0.00000364. The number of rotatable bonds is 7. The molecule has 6 nitrogen and oxygen atoms in total. The maximum atomic E-state index is 5.62. The van der Waals surface area contributed by atoms with Gasteiger partial charge < -0.3 is 20.1 Å². The fourth-order valence-corrected chi connectivity index (χ4v) is 3.99. The van der Waals surface area contributed by atoms with Gasteiger partial charge in [-0.05, 0) is 16.9 Å². The first-order valence-electron chi connectivity index (χ1n) is 9.28. The van der Waals surface area contributed by atoms with E-state index in [-0.39, 0.29) is 35.5 Å². The molecule has 0 amide bonds. The summed E-state index contributed by atoms with van der Waals surface area (Å²) in [5.74, 6) is 0.811. The molecule has 8 heteroatoms. The molecule has 0 saturated carbocycles. The van der Waals surface area contributed by atoms with Gasteiger partial charge in [0.15, 0.2) is 5.96 Å². The molecule has 1 aromatic heterocycles. The number of nitrogens with one attached hydrogen (secondary N) is 2. The summed E-state index contributed by atoms with van der Waals surface area (Å²) in [5.41, 5.74) is 0.0773. The van der Waals surface area contributed by atoms with Crippen LogP contribution in [-0.4, -0.2) is 70.5 Å². The number of ether oxygens (including phenoxy) is 2. The van der Waals surface area contributed by atoms with Gasteiger partial charge in [-0.15, -0.1) is 35.3 Å². The molecule has 0 aliphatic carbocycles. The summed E-state index contributed by atoms with van der Waals surface area (Å²) in [6, 6.07) is 4.66. The zero-order valence-electron chi connectivity index (χ0n) is 17.2. The molecule has 2 unspecified atom stereocenters. The molecule has 1 aromatic rings. The normalized spacial score (nSPS) is 18.5. The van der Waals surface area contributed by atoms with Crippen molar-refractivity contribution in [3.05, 3.63) is 22.4 Å². The fraction of sp³-hybridized carbons (Fsp3) is 0.737. The van der Waals surface area contributed by atoms with Crippen LogP contribution < -0.4 is 10.6 Å². The molecule has 0 radical (unpaired) electrons. The Morgan fingerprint density at radius 3 is 2.48 bits per heavy atom. The van der Waals surface area contributed by atoms with Crippen LogP contribution in [0.25, 0.3) is 0 Å². The predicted octanol–water partition coefficient (Wildman–Crippen LogP) is 2.97. The topological polar surface area (TPSA) is 58.1 Å². The number of aliphatic imine (C=N–C) groups is 1. The van der Waals surface area contributed by atoms with Gasteiger partial charge in [-0.3, -0.25) is 9.89 Å². The van der Waals surface area contributed by atoms with E-state index in [0.29, 0.717) is 6.04 Å². The first-order valence-corrected chi connectivity index (χ1v) is 10.2. The first kappa shape index (κ1) is 24.6. The standard InChI is InChI=1S/C19H34N4O2S.HI/c1-19(2,3)17(24-5)14-22-18(20-4)21-13-15(16-7-6-12-26-16)23-8-10-25-11-9-23;/h6-7,12,15,17H,8-11,13-14H2,1-5H3,(H2,20,21,22);1H. The Labute approximate surface area is 185 Å². The number of nitrogens with zero attached hydrogens (tertiary/aromatic N) is 2. The van der Waals surface area contributed by atoms with Crippen LogP contribution >= 0.6 is 35.3 Å². The SMILES string of the molecule is CN=C(NCC(c1cccs1)N1CCOCC1)NCC(OC)C(C)(C)C.I. The predicted molar refractivity (Wildman–Crippen MR) is 124 cm³/mol. The van der Waals surface area contributed by atoms with Crippen LogP contribution in [0.1, 0.15) is 31.7 Å². The lowest BCUT2D eigenvalue weighted by molar-refractivity contribution is 0.0172. The number of guanidine groups is 1. The number of halogens is 1. The van der Waals surface area contributed by atoms with Crippen molar-refractivity contribution < 1.29 is 9.47 Å². The molecular weight excluding hydrogens is 475 g/mol. The summed E-state index contributed by atoms with van der Waals surface area (Å²) in [6.07, 6.45) is 0.119. The van der Waals surface area contributed by atoms with E-state index in [1.54, 1.807) is 18.4 Å². The zero-order chi connectivity index (χ0) is 19.0. The molecule has 2 N–H and O–H groups in total. The molecule has 1 aliphatic rings. The Morgan fingerprint density at radius 1 is 1.30 bits per heavy atom. The lowest BCUT2D eigenvalue weighted by Crippen LogP contribution is -2.48. The van der Waals surface area contributed by atoms with Gasteiger partial charge in [0, 0.05) is 45.2 Å². The average Bonchev–Trinajstić information content (AvgIpc) is 3.14. The minimum absolute atomic E-state index is 0. The maximum Gasteiger partial charge on any atom is 0.191 e. The van der Waals surface area contributed by atoms with Gasteiger partial charge in [-0.25, -0.2) is 0 Å². The Hall–Kier alpha value is -0.420. The summed E-state index contributed by atoms with van der Waals surface area (Å²) in [5, 5.41) is 9.04. The van der Waals surface area contributed by atoms with Crippen molar-refractivity contribution in [2.75, 3.05) is 53.6 Å². The maximum absolute atomic E-state index is 5.62. The number of hydrogen-bond donors (Lipinski definition) is 2. The molecule has 2 atom stereocenters. The van der Waals surface area contributed by atoms with Gasteiger partial charge in [0.05, 0.1) is 25.4 Å². The van der Waals surface area contributed by atoms with Crippen molar-refractivity contribution >= 4 is 41.3 Å². The van der Waals surface area contributed by atoms with Gasteiger partial charge in [-0.2, -0.15) is 0 Å². The molecule has 1 fully saturated rings. The highest BCUT2D eigenvalue weighted by atomic mass is 127. The number of morpholine rings is 1. The third-order valence-electron chi connectivity index (χ3n) is 4.75. The van der Waals surface area contributed by atoms with Crippen LogP contribution in [0.15, 0.2) is 22.5 Å². The quantitative estimate of drug-likeness (QED) is 0.336. The molecule has 2 rings (SSSR count). The van der Waals surface area contributed by atoms with E-state index in [1.165, 1.54) is 4.88 Å². The van der Waals surface area contributed by atoms with Gasteiger partial charge in [0.1, 0.15) is 0 Å². The largest absolute Gasteiger partial charge is 0.379 e. The third kappa shape index (κ3) is 7.84. The fourth-order valence-electron chi connectivity index (χ4n) is 3.13. The Kier molecular flexibility index (Phi) is 11.1.